The minimum Gasteiger partial charge on any atom is -0.396 e. The molecule has 1 atom stereocenters. The Kier molecular flexibility index (Phi) is 4.30. The first-order valence-electron chi connectivity index (χ1n) is 6.37. The highest BCUT2D eigenvalue weighted by Gasteiger charge is 2.43. The van der Waals surface area contributed by atoms with E-state index in [1.54, 1.807) is 4.90 Å². The maximum absolute atomic E-state index is 13.9. The number of hydrogen-bond donors (Lipinski definition) is 1. The molecule has 4 heteroatoms. The lowest BCUT2D eigenvalue weighted by atomic mass is 9.90. The number of piperidine rings is 1. The van der Waals surface area contributed by atoms with E-state index in [-0.39, 0.29) is 19.6 Å². The SMILES string of the molecule is OCCC1CCN(Cc2ccccc2)CC1(F)F. The highest BCUT2D eigenvalue weighted by Crippen LogP contribution is 2.35. The Morgan fingerprint density at radius 3 is 2.61 bits per heavy atom. The molecule has 1 unspecified atom stereocenters. The second kappa shape index (κ2) is 5.76. The summed E-state index contributed by atoms with van der Waals surface area (Å²) in [5.41, 5.74) is 1.06. The molecule has 100 valence electrons. The normalized spacial score (nSPS) is 24.1. The summed E-state index contributed by atoms with van der Waals surface area (Å²) >= 11 is 0. The monoisotopic (exact) mass is 255 g/mol. The maximum atomic E-state index is 13.9. The van der Waals surface area contributed by atoms with Gasteiger partial charge in [-0.25, -0.2) is 8.78 Å². The molecule has 0 saturated carbocycles. The molecule has 1 aromatic rings. The van der Waals surface area contributed by atoms with Gasteiger partial charge in [-0.2, -0.15) is 0 Å². The average molecular weight is 255 g/mol. The second-order valence-corrected chi connectivity index (χ2v) is 4.96. The molecule has 0 aromatic heterocycles. The van der Waals surface area contributed by atoms with Crippen LogP contribution in [-0.4, -0.2) is 35.6 Å². The molecule has 18 heavy (non-hydrogen) atoms. The topological polar surface area (TPSA) is 23.5 Å². The van der Waals surface area contributed by atoms with E-state index in [0.29, 0.717) is 19.5 Å². The van der Waals surface area contributed by atoms with E-state index in [0.717, 1.165) is 5.56 Å². The van der Waals surface area contributed by atoms with Crippen LogP contribution in [0.4, 0.5) is 8.78 Å². The summed E-state index contributed by atoms with van der Waals surface area (Å²) in [6.45, 7) is 0.892. The lowest BCUT2D eigenvalue weighted by Crippen LogP contribution is -2.48. The summed E-state index contributed by atoms with van der Waals surface area (Å²) in [6.07, 6.45) is 0.659. The fourth-order valence-electron chi connectivity index (χ4n) is 2.54. The van der Waals surface area contributed by atoms with Gasteiger partial charge in [0.25, 0.3) is 5.92 Å². The van der Waals surface area contributed by atoms with Crippen molar-refractivity contribution in [1.82, 2.24) is 4.90 Å². The quantitative estimate of drug-likeness (QED) is 0.893. The molecule has 0 spiro atoms. The van der Waals surface area contributed by atoms with Crippen LogP contribution in [0.25, 0.3) is 0 Å². The summed E-state index contributed by atoms with van der Waals surface area (Å²) in [6, 6.07) is 9.68. The van der Waals surface area contributed by atoms with Crippen molar-refractivity contribution in [3.05, 3.63) is 35.9 Å². The number of halogens is 2. The number of aliphatic hydroxyl groups excluding tert-OH is 1. The minimum atomic E-state index is -2.68. The zero-order valence-electron chi connectivity index (χ0n) is 10.4. The van der Waals surface area contributed by atoms with Gasteiger partial charge in [0, 0.05) is 19.1 Å². The summed E-state index contributed by atoms with van der Waals surface area (Å²) in [5, 5.41) is 8.80. The van der Waals surface area contributed by atoms with Gasteiger partial charge in [0.15, 0.2) is 0 Å². The molecule has 0 amide bonds. The largest absolute Gasteiger partial charge is 0.396 e. The van der Waals surface area contributed by atoms with Crippen molar-refractivity contribution < 1.29 is 13.9 Å². The Morgan fingerprint density at radius 2 is 2.00 bits per heavy atom. The predicted molar refractivity (Wildman–Crippen MR) is 66.5 cm³/mol. The first-order chi connectivity index (χ1) is 8.62. The molecule has 0 aliphatic carbocycles. The molecule has 2 rings (SSSR count). The van der Waals surface area contributed by atoms with Gasteiger partial charge in [-0.05, 0) is 24.9 Å². The van der Waals surface area contributed by atoms with Gasteiger partial charge < -0.3 is 5.11 Å². The van der Waals surface area contributed by atoms with Crippen LogP contribution < -0.4 is 0 Å². The molecule has 1 N–H and O–H groups in total. The summed E-state index contributed by atoms with van der Waals surface area (Å²) in [5.74, 6) is -3.36. The number of nitrogens with zero attached hydrogens (tertiary/aromatic N) is 1. The van der Waals surface area contributed by atoms with Gasteiger partial charge in [-0.3, -0.25) is 4.90 Å². The first-order valence-corrected chi connectivity index (χ1v) is 6.37. The van der Waals surface area contributed by atoms with Gasteiger partial charge in [0.1, 0.15) is 0 Å². The highest BCUT2D eigenvalue weighted by atomic mass is 19.3. The summed E-state index contributed by atoms with van der Waals surface area (Å²) in [4.78, 5) is 1.79. The third-order valence-electron chi connectivity index (χ3n) is 3.55. The van der Waals surface area contributed by atoms with Gasteiger partial charge in [0.05, 0.1) is 6.54 Å². The van der Waals surface area contributed by atoms with Crippen LogP contribution in [0.2, 0.25) is 0 Å². The van der Waals surface area contributed by atoms with Crippen LogP contribution in [0, 0.1) is 5.92 Å². The highest BCUT2D eigenvalue weighted by molar-refractivity contribution is 5.14. The Bertz CT molecular complexity index is 369. The van der Waals surface area contributed by atoms with Crippen molar-refractivity contribution in [2.45, 2.75) is 25.3 Å². The number of benzene rings is 1. The number of hydrogen-bond acceptors (Lipinski definition) is 2. The molecular weight excluding hydrogens is 236 g/mol. The molecule has 1 saturated heterocycles. The van der Waals surface area contributed by atoms with Crippen LogP contribution in [0.15, 0.2) is 30.3 Å². The molecule has 1 aliphatic heterocycles. The maximum Gasteiger partial charge on any atom is 0.263 e. The Labute approximate surface area is 106 Å². The van der Waals surface area contributed by atoms with Crippen LogP contribution in [0.5, 0.6) is 0 Å². The van der Waals surface area contributed by atoms with Crippen LogP contribution in [0.3, 0.4) is 0 Å². The molecule has 0 bridgehead atoms. The van der Waals surface area contributed by atoms with E-state index < -0.39 is 11.8 Å². The van der Waals surface area contributed by atoms with E-state index in [2.05, 4.69) is 0 Å². The lowest BCUT2D eigenvalue weighted by Gasteiger charge is -2.38. The van der Waals surface area contributed by atoms with Crippen LogP contribution in [0.1, 0.15) is 18.4 Å². The lowest BCUT2D eigenvalue weighted by molar-refractivity contribution is -0.117. The third kappa shape index (κ3) is 3.27. The number of aliphatic hydroxyl groups is 1. The molecular formula is C14H19F2NO. The van der Waals surface area contributed by atoms with Crippen molar-refractivity contribution in [2.75, 3.05) is 19.7 Å². The van der Waals surface area contributed by atoms with Crippen molar-refractivity contribution in [1.29, 1.82) is 0 Å². The average Bonchev–Trinajstić information content (AvgIpc) is 2.33. The third-order valence-corrected chi connectivity index (χ3v) is 3.55. The molecule has 2 nitrogen and oxygen atoms in total. The Hall–Kier alpha value is -1.00. The molecule has 1 aliphatic rings. The second-order valence-electron chi connectivity index (χ2n) is 4.96. The number of alkyl halides is 2. The minimum absolute atomic E-state index is 0.154. The predicted octanol–water partition coefficient (Wildman–Crippen LogP) is 2.53. The molecule has 0 radical (unpaired) electrons. The fraction of sp³-hybridized carbons (Fsp3) is 0.571. The van der Waals surface area contributed by atoms with Gasteiger partial charge in [-0.15, -0.1) is 0 Å². The standard InChI is InChI=1S/C14H19F2NO/c15-14(16)11-17(8-6-13(14)7-9-18)10-12-4-2-1-3-5-12/h1-5,13,18H,6-11H2. The summed E-state index contributed by atoms with van der Waals surface area (Å²) in [7, 11) is 0. The van der Waals surface area contributed by atoms with Crippen molar-refractivity contribution in [3.8, 4) is 0 Å². The van der Waals surface area contributed by atoms with E-state index in [1.165, 1.54) is 0 Å². The van der Waals surface area contributed by atoms with E-state index in [9.17, 15) is 8.78 Å². The smallest absolute Gasteiger partial charge is 0.263 e. The molecule has 1 aromatic carbocycles. The van der Waals surface area contributed by atoms with Crippen LogP contribution in [-0.2, 0) is 6.54 Å². The number of likely N-dealkylation sites (tertiary alicyclic amines) is 1. The van der Waals surface area contributed by atoms with E-state index >= 15 is 0 Å². The van der Waals surface area contributed by atoms with Crippen molar-refractivity contribution in [3.63, 3.8) is 0 Å². The number of rotatable bonds is 4. The van der Waals surface area contributed by atoms with Gasteiger partial charge in [0.2, 0.25) is 0 Å². The van der Waals surface area contributed by atoms with Crippen LogP contribution >= 0.6 is 0 Å². The summed E-state index contributed by atoms with van der Waals surface area (Å²) < 4.78 is 27.7. The Morgan fingerprint density at radius 1 is 1.28 bits per heavy atom. The zero-order chi connectivity index (χ0) is 13.0. The first kappa shape index (κ1) is 13.4. The molecule has 1 heterocycles. The zero-order valence-corrected chi connectivity index (χ0v) is 10.4. The van der Waals surface area contributed by atoms with Crippen molar-refractivity contribution >= 4 is 0 Å². The van der Waals surface area contributed by atoms with E-state index in [1.807, 2.05) is 30.3 Å². The van der Waals surface area contributed by atoms with Gasteiger partial charge >= 0.3 is 0 Å². The Balaban J connectivity index is 1.94. The fourth-order valence-corrected chi connectivity index (χ4v) is 2.54. The molecule has 1 fully saturated rings. The van der Waals surface area contributed by atoms with Crippen molar-refractivity contribution in [2.24, 2.45) is 5.92 Å². The van der Waals surface area contributed by atoms with E-state index in [4.69, 9.17) is 5.11 Å². The van der Waals surface area contributed by atoms with Gasteiger partial charge in [-0.1, -0.05) is 30.3 Å².